The van der Waals surface area contributed by atoms with Crippen LogP contribution >= 0.6 is 0 Å². The summed E-state index contributed by atoms with van der Waals surface area (Å²) in [7, 11) is 3.76. The van der Waals surface area contributed by atoms with E-state index < -0.39 is 0 Å². The summed E-state index contributed by atoms with van der Waals surface area (Å²) < 4.78 is 7.77. The molecular formula is C36H34N4O3. The van der Waals surface area contributed by atoms with Crippen molar-refractivity contribution < 1.29 is 14.3 Å². The summed E-state index contributed by atoms with van der Waals surface area (Å²) in [6, 6.07) is 34.0. The molecule has 1 saturated heterocycles. The molecule has 1 fully saturated rings. The molecular weight excluding hydrogens is 536 g/mol. The van der Waals surface area contributed by atoms with Crippen molar-refractivity contribution in [2.75, 3.05) is 44.7 Å². The molecule has 43 heavy (non-hydrogen) atoms. The first kappa shape index (κ1) is 26.8. The molecule has 1 aromatic heterocycles. The maximum Gasteiger partial charge on any atom is 0.255 e. The Labute approximate surface area is 251 Å². The van der Waals surface area contributed by atoms with Crippen LogP contribution in [0, 0.1) is 0 Å². The van der Waals surface area contributed by atoms with Crippen molar-refractivity contribution in [2.45, 2.75) is 6.04 Å². The van der Waals surface area contributed by atoms with Gasteiger partial charge in [-0.1, -0.05) is 78.9 Å². The number of rotatable bonds is 6. The highest BCUT2D eigenvalue weighted by molar-refractivity contribution is 6.03. The number of para-hydroxylation sites is 3. The fourth-order valence-electron chi connectivity index (χ4n) is 6.82. The summed E-state index contributed by atoms with van der Waals surface area (Å²) in [4.78, 5) is 33.9. The molecule has 1 atom stereocenters. The first-order chi connectivity index (χ1) is 21.1. The molecule has 3 heterocycles. The number of carbonyl (C=O) groups excluding carboxylic acids is 2. The van der Waals surface area contributed by atoms with E-state index in [1.165, 1.54) is 0 Å². The van der Waals surface area contributed by atoms with Crippen LogP contribution in [0.3, 0.4) is 0 Å². The molecule has 0 N–H and O–H groups in total. The maximum absolute atomic E-state index is 14.0. The maximum atomic E-state index is 14.0. The minimum atomic E-state index is -0.385. The van der Waals surface area contributed by atoms with E-state index in [0.717, 1.165) is 44.7 Å². The third-order valence-corrected chi connectivity index (χ3v) is 8.89. The summed E-state index contributed by atoms with van der Waals surface area (Å²) in [6.07, 6.45) is 0. The zero-order chi connectivity index (χ0) is 29.5. The Morgan fingerprint density at radius 1 is 0.814 bits per heavy atom. The number of aromatic nitrogens is 1. The van der Waals surface area contributed by atoms with E-state index in [4.69, 9.17) is 4.74 Å². The van der Waals surface area contributed by atoms with Gasteiger partial charge in [-0.3, -0.25) is 9.59 Å². The van der Waals surface area contributed by atoms with Crippen LogP contribution in [-0.4, -0.2) is 66.0 Å². The van der Waals surface area contributed by atoms with Gasteiger partial charge in [0.15, 0.2) is 0 Å². The molecule has 2 aliphatic heterocycles. The molecule has 2 amide bonds. The highest BCUT2D eigenvalue weighted by Gasteiger charge is 2.42. The zero-order valence-corrected chi connectivity index (χ0v) is 24.4. The summed E-state index contributed by atoms with van der Waals surface area (Å²) in [5.74, 6) is 0.690. The second-order valence-electron chi connectivity index (χ2n) is 11.2. The highest BCUT2D eigenvalue weighted by Crippen LogP contribution is 2.46. The molecule has 7 heteroatoms. The number of hydrogen-bond acceptors (Lipinski definition) is 4. The number of amides is 2. The average Bonchev–Trinajstić information content (AvgIpc) is 3.51. The van der Waals surface area contributed by atoms with E-state index in [0.29, 0.717) is 31.7 Å². The van der Waals surface area contributed by atoms with Crippen LogP contribution in [0.1, 0.15) is 27.5 Å². The predicted molar refractivity (Wildman–Crippen MR) is 169 cm³/mol. The molecule has 0 aliphatic carbocycles. The number of ether oxygens (including phenoxy) is 1. The van der Waals surface area contributed by atoms with Gasteiger partial charge in [0.05, 0.1) is 24.5 Å². The molecule has 216 valence electrons. The van der Waals surface area contributed by atoms with Crippen molar-refractivity contribution in [1.29, 1.82) is 0 Å². The topological polar surface area (TPSA) is 58.0 Å². The number of aryl methyl sites for hydroxylation is 1. The van der Waals surface area contributed by atoms with Gasteiger partial charge in [0.25, 0.3) is 5.91 Å². The summed E-state index contributed by atoms with van der Waals surface area (Å²) in [5.41, 5.74) is 6.91. The summed E-state index contributed by atoms with van der Waals surface area (Å²) in [6.45, 7) is 2.58. The van der Waals surface area contributed by atoms with Gasteiger partial charge in [-0.15, -0.1) is 0 Å². The predicted octanol–water partition coefficient (Wildman–Crippen LogP) is 5.75. The number of fused-ring (bicyclic) bond motifs is 2. The van der Waals surface area contributed by atoms with Crippen LogP contribution < -0.4 is 9.64 Å². The Hall–Kier alpha value is -5.04. The molecule has 1 unspecified atom stereocenters. The Morgan fingerprint density at radius 3 is 2.28 bits per heavy atom. The molecule has 5 aromatic rings. The van der Waals surface area contributed by atoms with Crippen LogP contribution in [-0.2, 0) is 11.8 Å². The lowest BCUT2D eigenvalue weighted by Gasteiger charge is -2.37. The largest absolute Gasteiger partial charge is 0.495 e. The molecule has 7 rings (SSSR count). The molecule has 0 bridgehead atoms. The van der Waals surface area contributed by atoms with E-state index in [1.807, 2.05) is 77.7 Å². The molecule has 4 aromatic carbocycles. The molecule has 0 saturated carbocycles. The first-order valence-electron chi connectivity index (χ1n) is 14.7. The minimum Gasteiger partial charge on any atom is -0.495 e. The Kier molecular flexibility index (Phi) is 6.86. The molecule has 0 spiro atoms. The van der Waals surface area contributed by atoms with Gasteiger partial charge >= 0.3 is 0 Å². The van der Waals surface area contributed by atoms with Gasteiger partial charge in [0, 0.05) is 55.3 Å². The van der Waals surface area contributed by atoms with Crippen LogP contribution in [0.15, 0.2) is 103 Å². The lowest BCUT2D eigenvalue weighted by Crippen LogP contribution is -2.51. The fraction of sp³-hybridized carbons (Fsp3) is 0.222. The number of anilines is 1. The smallest absolute Gasteiger partial charge is 0.255 e. The van der Waals surface area contributed by atoms with Crippen LogP contribution in [0.4, 0.5) is 5.69 Å². The van der Waals surface area contributed by atoms with Crippen molar-refractivity contribution in [3.05, 3.63) is 120 Å². The van der Waals surface area contributed by atoms with E-state index >= 15 is 0 Å². The number of methoxy groups -OCH3 is 1. The van der Waals surface area contributed by atoms with E-state index in [1.54, 1.807) is 12.0 Å². The molecule has 2 aliphatic rings. The minimum absolute atomic E-state index is 0.0181. The van der Waals surface area contributed by atoms with Crippen molar-refractivity contribution in [1.82, 2.24) is 14.4 Å². The van der Waals surface area contributed by atoms with Crippen LogP contribution in [0.25, 0.3) is 22.2 Å². The van der Waals surface area contributed by atoms with E-state index in [-0.39, 0.29) is 24.4 Å². The van der Waals surface area contributed by atoms with Gasteiger partial charge < -0.3 is 24.0 Å². The standard InChI is InChI=1S/C36H34N4O3/c1-37-29-17-9-8-16-28(29)33(34(37)25-12-4-3-5-13-25)35-26-14-6-7-15-27(26)36(42)40(35)24-32(41)39-22-20-38(21-23-39)30-18-10-11-19-31(30)43-2/h3-19,35H,20-24H2,1-2H3. The van der Waals surface area contributed by atoms with E-state index in [9.17, 15) is 9.59 Å². The second kappa shape index (κ2) is 11.0. The number of hydrogen-bond donors (Lipinski definition) is 0. The number of nitrogens with zero attached hydrogens (tertiary/aromatic N) is 4. The number of carbonyl (C=O) groups is 2. The number of benzene rings is 4. The average molecular weight is 571 g/mol. The molecule has 7 nitrogen and oxygen atoms in total. The third-order valence-electron chi connectivity index (χ3n) is 8.89. The van der Waals surface area contributed by atoms with Crippen molar-refractivity contribution in [2.24, 2.45) is 7.05 Å². The van der Waals surface area contributed by atoms with Gasteiger partial charge in [-0.2, -0.15) is 0 Å². The van der Waals surface area contributed by atoms with Crippen LogP contribution in [0.2, 0.25) is 0 Å². The lowest BCUT2D eigenvalue weighted by molar-refractivity contribution is -0.132. The van der Waals surface area contributed by atoms with Crippen molar-refractivity contribution >= 4 is 28.4 Å². The second-order valence-corrected chi connectivity index (χ2v) is 11.2. The van der Waals surface area contributed by atoms with Gasteiger partial charge in [0.2, 0.25) is 5.91 Å². The Balaban J connectivity index is 1.23. The molecule has 0 radical (unpaired) electrons. The van der Waals surface area contributed by atoms with Crippen molar-refractivity contribution in [3.8, 4) is 17.0 Å². The monoisotopic (exact) mass is 570 g/mol. The normalized spacial score (nSPS) is 16.6. The van der Waals surface area contributed by atoms with Gasteiger partial charge in [-0.25, -0.2) is 0 Å². The quantitative estimate of drug-likeness (QED) is 0.261. The Morgan fingerprint density at radius 2 is 1.49 bits per heavy atom. The van der Waals surface area contributed by atoms with Gasteiger partial charge in [-0.05, 0) is 35.4 Å². The van der Waals surface area contributed by atoms with Crippen molar-refractivity contribution in [3.63, 3.8) is 0 Å². The fourth-order valence-corrected chi connectivity index (χ4v) is 6.82. The highest BCUT2D eigenvalue weighted by atomic mass is 16.5. The van der Waals surface area contributed by atoms with Gasteiger partial charge in [0.1, 0.15) is 12.3 Å². The zero-order valence-electron chi connectivity index (χ0n) is 24.4. The summed E-state index contributed by atoms with van der Waals surface area (Å²) >= 11 is 0. The summed E-state index contributed by atoms with van der Waals surface area (Å²) in [5, 5.41) is 1.08. The lowest BCUT2D eigenvalue weighted by atomic mass is 9.93. The Bertz CT molecular complexity index is 1820. The van der Waals surface area contributed by atoms with Crippen LogP contribution in [0.5, 0.6) is 5.75 Å². The SMILES string of the molecule is COc1ccccc1N1CCN(C(=O)CN2C(=O)c3ccccc3C2c2c(-c3ccccc3)n(C)c3ccccc23)CC1. The van der Waals surface area contributed by atoms with E-state index in [2.05, 4.69) is 46.8 Å². The first-order valence-corrected chi connectivity index (χ1v) is 14.7. The third kappa shape index (κ3) is 4.52. The number of piperazine rings is 1.